The SMILES string of the molecule is CCN1CCN(C(=O)c2cc(Nc3ccc(F)cc3F)nc(C)n2)CC1. The number of nitrogens with zero attached hydrogens (tertiary/aromatic N) is 4. The van der Waals surface area contributed by atoms with Crippen LogP contribution in [0.2, 0.25) is 0 Å². The van der Waals surface area contributed by atoms with E-state index in [2.05, 4.69) is 27.1 Å². The maximum atomic E-state index is 13.8. The summed E-state index contributed by atoms with van der Waals surface area (Å²) in [5, 5.41) is 2.78. The van der Waals surface area contributed by atoms with Crippen molar-refractivity contribution in [2.75, 3.05) is 38.0 Å². The van der Waals surface area contributed by atoms with Crippen molar-refractivity contribution in [1.82, 2.24) is 19.8 Å². The Morgan fingerprint density at radius 3 is 2.54 bits per heavy atom. The van der Waals surface area contributed by atoms with Gasteiger partial charge in [-0.1, -0.05) is 6.92 Å². The smallest absolute Gasteiger partial charge is 0.272 e. The van der Waals surface area contributed by atoms with Gasteiger partial charge in [-0.2, -0.15) is 0 Å². The molecule has 2 aromatic rings. The number of likely N-dealkylation sites (N-methyl/N-ethyl adjacent to an activating group) is 1. The molecule has 0 radical (unpaired) electrons. The van der Waals surface area contributed by atoms with Gasteiger partial charge < -0.3 is 15.1 Å². The van der Waals surface area contributed by atoms with E-state index in [4.69, 9.17) is 0 Å². The predicted octanol–water partition coefficient (Wildman–Crippen LogP) is 2.58. The van der Waals surface area contributed by atoms with Crippen LogP contribution in [0.15, 0.2) is 24.3 Å². The second kappa shape index (κ2) is 7.74. The highest BCUT2D eigenvalue weighted by molar-refractivity contribution is 5.93. The zero-order valence-electron chi connectivity index (χ0n) is 14.8. The molecule has 1 N–H and O–H groups in total. The molecular weight excluding hydrogens is 340 g/mol. The van der Waals surface area contributed by atoms with Crippen LogP contribution in [-0.4, -0.2) is 58.4 Å². The first kappa shape index (κ1) is 18.2. The van der Waals surface area contributed by atoms with Crippen LogP contribution in [0.1, 0.15) is 23.2 Å². The van der Waals surface area contributed by atoms with Gasteiger partial charge in [-0.05, 0) is 25.6 Å². The highest BCUT2D eigenvalue weighted by atomic mass is 19.1. The van der Waals surface area contributed by atoms with Crippen LogP contribution >= 0.6 is 0 Å². The highest BCUT2D eigenvalue weighted by Gasteiger charge is 2.23. The van der Waals surface area contributed by atoms with Gasteiger partial charge in [0.25, 0.3) is 5.91 Å². The van der Waals surface area contributed by atoms with Gasteiger partial charge in [-0.15, -0.1) is 0 Å². The third kappa shape index (κ3) is 4.13. The van der Waals surface area contributed by atoms with E-state index >= 15 is 0 Å². The van der Waals surface area contributed by atoms with Crippen molar-refractivity contribution in [2.24, 2.45) is 0 Å². The number of anilines is 2. The predicted molar refractivity (Wildman–Crippen MR) is 94.4 cm³/mol. The number of hydrogen-bond donors (Lipinski definition) is 1. The van der Waals surface area contributed by atoms with Crippen LogP contribution in [-0.2, 0) is 0 Å². The summed E-state index contributed by atoms with van der Waals surface area (Å²) in [6.07, 6.45) is 0. The van der Waals surface area contributed by atoms with Crippen LogP contribution in [0.5, 0.6) is 0 Å². The largest absolute Gasteiger partial charge is 0.338 e. The Bertz CT molecular complexity index is 806. The first-order chi connectivity index (χ1) is 12.5. The van der Waals surface area contributed by atoms with Crippen molar-refractivity contribution in [3.8, 4) is 0 Å². The Morgan fingerprint density at radius 1 is 1.15 bits per heavy atom. The third-order valence-electron chi connectivity index (χ3n) is 4.36. The van der Waals surface area contributed by atoms with Crippen LogP contribution in [0, 0.1) is 18.6 Å². The molecule has 8 heteroatoms. The summed E-state index contributed by atoms with van der Waals surface area (Å²) >= 11 is 0. The molecule has 1 aromatic carbocycles. The fraction of sp³-hybridized carbons (Fsp3) is 0.389. The first-order valence-electron chi connectivity index (χ1n) is 8.55. The molecule has 138 valence electrons. The summed E-state index contributed by atoms with van der Waals surface area (Å²) in [4.78, 5) is 25.2. The number of amides is 1. The maximum Gasteiger partial charge on any atom is 0.272 e. The average molecular weight is 361 g/mol. The lowest BCUT2D eigenvalue weighted by atomic mass is 10.2. The van der Waals surface area contributed by atoms with Gasteiger partial charge in [0.2, 0.25) is 0 Å². The van der Waals surface area contributed by atoms with Gasteiger partial charge in [0.05, 0.1) is 5.69 Å². The van der Waals surface area contributed by atoms with E-state index in [1.54, 1.807) is 11.8 Å². The molecule has 2 heterocycles. The van der Waals surface area contributed by atoms with Gasteiger partial charge in [-0.3, -0.25) is 4.79 Å². The lowest BCUT2D eigenvalue weighted by Gasteiger charge is -2.33. The van der Waals surface area contributed by atoms with Crippen molar-refractivity contribution in [2.45, 2.75) is 13.8 Å². The Kier molecular flexibility index (Phi) is 5.41. The molecule has 0 aliphatic carbocycles. The molecule has 1 fully saturated rings. The zero-order valence-corrected chi connectivity index (χ0v) is 14.8. The minimum atomic E-state index is -0.732. The van der Waals surface area contributed by atoms with Gasteiger partial charge in [-0.25, -0.2) is 18.7 Å². The number of carbonyl (C=O) groups is 1. The second-order valence-corrected chi connectivity index (χ2v) is 6.16. The van der Waals surface area contributed by atoms with Crippen molar-refractivity contribution >= 4 is 17.4 Å². The first-order valence-corrected chi connectivity index (χ1v) is 8.55. The van der Waals surface area contributed by atoms with E-state index in [0.717, 1.165) is 31.8 Å². The number of hydrogen-bond acceptors (Lipinski definition) is 5. The number of rotatable bonds is 4. The Labute approximate surface area is 150 Å². The summed E-state index contributed by atoms with van der Waals surface area (Å²) < 4.78 is 26.9. The quantitative estimate of drug-likeness (QED) is 0.907. The fourth-order valence-electron chi connectivity index (χ4n) is 2.90. The number of aromatic nitrogens is 2. The van der Waals surface area contributed by atoms with E-state index < -0.39 is 11.6 Å². The number of halogens is 2. The third-order valence-corrected chi connectivity index (χ3v) is 4.36. The summed E-state index contributed by atoms with van der Waals surface area (Å²) in [6, 6.07) is 4.71. The van der Waals surface area contributed by atoms with Crippen LogP contribution in [0.3, 0.4) is 0 Å². The normalized spacial score (nSPS) is 15.2. The monoisotopic (exact) mass is 361 g/mol. The van der Waals surface area contributed by atoms with E-state index in [1.807, 2.05) is 0 Å². The summed E-state index contributed by atoms with van der Waals surface area (Å²) in [7, 11) is 0. The molecule has 1 aliphatic heterocycles. The van der Waals surface area contributed by atoms with Gasteiger partial charge in [0.15, 0.2) is 0 Å². The summed E-state index contributed by atoms with van der Waals surface area (Å²) in [5.41, 5.74) is 0.340. The number of aryl methyl sites for hydroxylation is 1. The van der Waals surface area contributed by atoms with E-state index in [9.17, 15) is 13.6 Å². The molecule has 0 atom stereocenters. The molecule has 0 bridgehead atoms. The fourth-order valence-corrected chi connectivity index (χ4v) is 2.90. The number of benzene rings is 1. The number of nitrogens with one attached hydrogen (secondary N) is 1. The zero-order chi connectivity index (χ0) is 18.7. The molecule has 1 saturated heterocycles. The van der Waals surface area contributed by atoms with E-state index in [1.165, 1.54) is 12.1 Å². The standard InChI is InChI=1S/C18H21F2N5O/c1-3-24-6-8-25(9-7-24)18(26)16-11-17(22-12(2)21-16)23-15-5-4-13(19)10-14(15)20/h4-5,10-11H,3,6-9H2,1-2H3,(H,21,22,23). The van der Waals surface area contributed by atoms with Crippen LogP contribution in [0.25, 0.3) is 0 Å². The molecule has 0 spiro atoms. The molecule has 0 unspecified atom stereocenters. The van der Waals surface area contributed by atoms with Gasteiger partial charge in [0.1, 0.15) is 29.0 Å². The minimum absolute atomic E-state index is 0.0828. The minimum Gasteiger partial charge on any atom is -0.338 e. The van der Waals surface area contributed by atoms with Gasteiger partial charge in [0, 0.05) is 38.3 Å². The summed E-state index contributed by atoms with van der Waals surface area (Å²) in [6.45, 7) is 7.67. The molecule has 1 aromatic heterocycles. The van der Waals surface area contributed by atoms with Crippen LogP contribution < -0.4 is 5.32 Å². The Balaban J connectivity index is 1.78. The molecule has 1 aliphatic rings. The molecule has 0 saturated carbocycles. The van der Waals surface area contributed by atoms with Gasteiger partial charge >= 0.3 is 0 Å². The lowest BCUT2D eigenvalue weighted by Crippen LogP contribution is -2.48. The molecule has 26 heavy (non-hydrogen) atoms. The number of carbonyl (C=O) groups excluding carboxylic acids is 1. The van der Waals surface area contributed by atoms with Crippen molar-refractivity contribution in [3.05, 3.63) is 47.4 Å². The van der Waals surface area contributed by atoms with E-state index in [0.29, 0.717) is 24.7 Å². The van der Waals surface area contributed by atoms with Crippen molar-refractivity contribution in [1.29, 1.82) is 0 Å². The van der Waals surface area contributed by atoms with Crippen molar-refractivity contribution < 1.29 is 13.6 Å². The maximum absolute atomic E-state index is 13.8. The van der Waals surface area contributed by atoms with Crippen LogP contribution in [0.4, 0.5) is 20.3 Å². The lowest BCUT2D eigenvalue weighted by molar-refractivity contribution is 0.0637. The topological polar surface area (TPSA) is 61.4 Å². The molecule has 1 amide bonds. The van der Waals surface area contributed by atoms with E-state index in [-0.39, 0.29) is 17.3 Å². The van der Waals surface area contributed by atoms with Crippen molar-refractivity contribution in [3.63, 3.8) is 0 Å². The molecule has 3 rings (SSSR count). The Morgan fingerprint density at radius 2 is 1.88 bits per heavy atom. The Hall–Kier alpha value is -2.61. The highest BCUT2D eigenvalue weighted by Crippen LogP contribution is 2.20. The summed E-state index contributed by atoms with van der Waals surface area (Å²) in [5.74, 6) is -0.876. The average Bonchev–Trinajstić information content (AvgIpc) is 2.63. The molecular formula is C18H21F2N5O. The second-order valence-electron chi connectivity index (χ2n) is 6.16. The number of piperazine rings is 1. The molecule has 6 nitrogen and oxygen atoms in total.